The molecule has 1 aliphatic heterocycles. The number of hydrogen-bond acceptors (Lipinski definition) is 10. The maximum atomic E-state index is 11.3. The molecule has 0 saturated carbocycles. The molecule has 1 saturated heterocycles. The highest BCUT2D eigenvalue weighted by molar-refractivity contribution is 6.10. The van der Waals surface area contributed by atoms with E-state index in [2.05, 4.69) is 20.3 Å². The van der Waals surface area contributed by atoms with Gasteiger partial charge in [-0.25, -0.2) is 15.0 Å². The van der Waals surface area contributed by atoms with Gasteiger partial charge in [0.25, 0.3) is 0 Å². The molecule has 0 radical (unpaired) electrons. The summed E-state index contributed by atoms with van der Waals surface area (Å²) in [6, 6.07) is 14.8. The number of benzene rings is 3. The first-order valence-corrected chi connectivity index (χ1v) is 12.8. The van der Waals surface area contributed by atoms with Crippen LogP contribution in [-0.2, 0) is 4.74 Å². The Morgan fingerprint density at radius 1 is 0.923 bits per heavy atom. The third-order valence-corrected chi connectivity index (χ3v) is 7.97. The van der Waals surface area contributed by atoms with Crippen LogP contribution in [0, 0.1) is 0 Å². The van der Waals surface area contributed by atoms with E-state index in [9.17, 15) is 25.5 Å². The van der Waals surface area contributed by atoms with E-state index < -0.39 is 42.8 Å². The molecule has 3 heterocycles. The van der Waals surface area contributed by atoms with Crippen LogP contribution in [0.1, 0.15) is 35.9 Å². The number of hydrogen-bond donors (Lipinski definition) is 6. The van der Waals surface area contributed by atoms with Gasteiger partial charge in [0.15, 0.2) is 17.0 Å². The molecule has 39 heavy (non-hydrogen) atoms. The van der Waals surface area contributed by atoms with Crippen molar-refractivity contribution in [1.82, 2.24) is 19.5 Å². The summed E-state index contributed by atoms with van der Waals surface area (Å²) in [6.45, 7) is -0.304. The molecular weight excluding hydrogens is 502 g/mol. The molecular formula is C28H27N5O6. The second kappa shape index (κ2) is 9.19. The highest BCUT2D eigenvalue weighted by Crippen LogP contribution is 2.44. The van der Waals surface area contributed by atoms with Crippen LogP contribution in [-0.4, -0.2) is 76.1 Å². The number of fused-ring (bicyclic) bond motifs is 6. The lowest BCUT2D eigenvalue weighted by atomic mass is 9.78. The number of imidazole rings is 1. The summed E-state index contributed by atoms with van der Waals surface area (Å²) in [5.41, 5.74) is 2.04. The molecule has 2 aliphatic rings. The predicted octanol–water partition coefficient (Wildman–Crippen LogP) is 1.70. The van der Waals surface area contributed by atoms with Crippen molar-refractivity contribution in [3.05, 3.63) is 72.3 Å². The van der Waals surface area contributed by atoms with Gasteiger partial charge < -0.3 is 35.6 Å². The largest absolute Gasteiger partial charge is 0.394 e. The van der Waals surface area contributed by atoms with E-state index in [1.54, 1.807) is 10.6 Å². The molecule has 1 fully saturated rings. The molecule has 6 N–H and O–H groups in total. The Kier molecular flexibility index (Phi) is 5.74. The Hall–Kier alpha value is -3.71. The molecule has 0 spiro atoms. The van der Waals surface area contributed by atoms with Gasteiger partial charge in [-0.3, -0.25) is 4.57 Å². The van der Waals surface area contributed by atoms with Crippen LogP contribution >= 0.6 is 0 Å². The molecule has 200 valence electrons. The maximum Gasteiger partial charge on any atom is 0.167 e. The van der Waals surface area contributed by atoms with Crippen molar-refractivity contribution < 1.29 is 30.3 Å². The summed E-state index contributed by atoms with van der Waals surface area (Å²) in [7, 11) is 0. The minimum absolute atomic E-state index is 0.265. The summed E-state index contributed by atoms with van der Waals surface area (Å²) < 4.78 is 7.46. The van der Waals surface area contributed by atoms with Crippen molar-refractivity contribution in [2.24, 2.45) is 0 Å². The zero-order valence-corrected chi connectivity index (χ0v) is 20.7. The smallest absolute Gasteiger partial charge is 0.167 e. The number of nitrogens with one attached hydrogen (secondary N) is 1. The summed E-state index contributed by atoms with van der Waals surface area (Å²) in [6.07, 6.45) is -2.99. The second-order valence-corrected chi connectivity index (χ2v) is 10.2. The fraction of sp³-hybridized carbons (Fsp3) is 0.321. The molecule has 0 bridgehead atoms. The Labute approximate surface area is 222 Å². The van der Waals surface area contributed by atoms with E-state index in [4.69, 9.17) is 4.74 Å². The fourth-order valence-corrected chi connectivity index (χ4v) is 6.00. The van der Waals surface area contributed by atoms with Crippen LogP contribution < -0.4 is 5.32 Å². The molecule has 5 aromatic rings. The zero-order chi connectivity index (χ0) is 26.8. The van der Waals surface area contributed by atoms with Crippen LogP contribution in [0.4, 0.5) is 5.82 Å². The Bertz CT molecular complexity index is 1710. The van der Waals surface area contributed by atoms with Crippen molar-refractivity contribution in [2.45, 2.75) is 49.2 Å². The third-order valence-electron chi connectivity index (χ3n) is 7.97. The quantitative estimate of drug-likeness (QED) is 0.189. The number of ether oxygens (including phenoxy) is 1. The number of aliphatic hydroxyl groups excluding tert-OH is 5. The van der Waals surface area contributed by atoms with Crippen molar-refractivity contribution in [3.63, 3.8) is 0 Å². The van der Waals surface area contributed by atoms with Gasteiger partial charge in [0.05, 0.1) is 25.1 Å². The van der Waals surface area contributed by atoms with Crippen LogP contribution in [0.5, 0.6) is 0 Å². The molecule has 2 aromatic heterocycles. The van der Waals surface area contributed by atoms with Crippen molar-refractivity contribution >= 4 is 38.5 Å². The van der Waals surface area contributed by atoms with Crippen LogP contribution in [0.15, 0.2) is 61.2 Å². The third kappa shape index (κ3) is 3.70. The van der Waals surface area contributed by atoms with E-state index in [1.807, 2.05) is 42.5 Å². The van der Waals surface area contributed by atoms with Gasteiger partial charge in [0.2, 0.25) is 0 Å². The average Bonchev–Trinajstić information content (AvgIpc) is 3.56. The SMILES string of the molecule is OC[C@H]1O[C@@H](n2cnc3c(N[C@H]4c5c(ccc6ccc7ccccc7c56)[C@H](O)[C@@H](O)[C@H]4O)ncnc32)C[C@@H]1O. The molecule has 7 rings (SSSR count). The molecule has 11 nitrogen and oxygen atoms in total. The lowest BCUT2D eigenvalue weighted by Gasteiger charge is -2.38. The van der Waals surface area contributed by atoms with Crippen LogP contribution in [0.3, 0.4) is 0 Å². The first kappa shape index (κ1) is 24.3. The van der Waals surface area contributed by atoms with E-state index in [0.29, 0.717) is 28.1 Å². The molecule has 3 aromatic carbocycles. The average molecular weight is 530 g/mol. The molecule has 1 aliphatic carbocycles. The number of nitrogens with zero attached hydrogens (tertiary/aromatic N) is 4. The van der Waals surface area contributed by atoms with Crippen molar-refractivity contribution in [3.8, 4) is 0 Å². The van der Waals surface area contributed by atoms with E-state index in [1.165, 1.54) is 12.7 Å². The van der Waals surface area contributed by atoms with Gasteiger partial charge in [-0.2, -0.15) is 0 Å². The lowest BCUT2D eigenvalue weighted by Crippen LogP contribution is -2.44. The van der Waals surface area contributed by atoms with Gasteiger partial charge in [-0.15, -0.1) is 0 Å². The summed E-state index contributed by atoms with van der Waals surface area (Å²) in [4.78, 5) is 13.3. The second-order valence-electron chi connectivity index (χ2n) is 10.2. The van der Waals surface area contributed by atoms with E-state index in [0.717, 1.165) is 21.5 Å². The van der Waals surface area contributed by atoms with E-state index >= 15 is 0 Å². The fourth-order valence-electron chi connectivity index (χ4n) is 6.00. The number of aliphatic hydroxyl groups is 5. The number of aromatic nitrogens is 4. The molecule has 0 amide bonds. The Morgan fingerprint density at radius 3 is 2.54 bits per heavy atom. The summed E-state index contributed by atoms with van der Waals surface area (Å²) in [5, 5.41) is 59.8. The molecule has 0 unspecified atom stereocenters. The molecule has 11 heteroatoms. The van der Waals surface area contributed by atoms with Crippen molar-refractivity contribution in [1.29, 1.82) is 0 Å². The van der Waals surface area contributed by atoms with Gasteiger partial charge in [-0.05, 0) is 32.7 Å². The van der Waals surface area contributed by atoms with Gasteiger partial charge >= 0.3 is 0 Å². The first-order valence-electron chi connectivity index (χ1n) is 12.8. The topological polar surface area (TPSA) is 166 Å². The number of anilines is 1. The highest BCUT2D eigenvalue weighted by Gasteiger charge is 2.42. The maximum absolute atomic E-state index is 11.3. The zero-order valence-electron chi connectivity index (χ0n) is 20.7. The van der Waals surface area contributed by atoms with Crippen LogP contribution in [0.25, 0.3) is 32.7 Å². The van der Waals surface area contributed by atoms with Crippen molar-refractivity contribution in [2.75, 3.05) is 11.9 Å². The highest BCUT2D eigenvalue weighted by atomic mass is 16.5. The normalized spacial score (nSPS) is 28.8. The molecule has 7 atom stereocenters. The predicted molar refractivity (Wildman–Crippen MR) is 142 cm³/mol. The standard InChI is InChI=1S/C28H27N5O6/c34-10-18-17(35)9-19(39-18)33-12-31-23-27(29-11-30-28(23)33)32-22-21-16(24(36)26(38)25(22)37)8-7-14-6-5-13-3-1-2-4-15(13)20(14)21/h1-8,11-12,17-19,22,24-26,34-38H,9-10H2,(H,29,30,32)/t17-,18+,19+,22-,24-,25-,26+/m0/s1. The Balaban J connectivity index is 1.36. The van der Waals surface area contributed by atoms with Crippen LogP contribution in [0.2, 0.25) is 0 Å². The monoisotopic (exact) mass is 529 g/mol. The minimum Gasteiger partial charge on any atom is -0.394 e. The minimum atomic E-state index is -1.43. The van der Waals surface area contributed by atoms with E-state index in [-0.39, 0.29) is 13.0 Å². The van der Waals surface area contributed by atoms with Gasteiger partial charge in [0.1, 0.15) is 37.0 Å². The van der Waals surface area contributed by atoms with Gasteiger partial charge in [-0.1, -0.05) is 48.5 Å². The first-order chi connectivity index (χ1) is 19.0. The summed E-state index contributed by atoms with van der Waals surface area (Å²) >= 11 is 0. The lowest BCUT2D eigenvalue weighted by molar-refractivity contribution is -0.0766. The Morgan fingerprint density at radius 2 is 1.72 bits per heavy atom. The summed E-state index contributed by atoms with van der Waals surface area (Å²) in [5.74, 6) is 0.326. The van der Waals surface area contributed by atoms with Gasteiger partial charge in [0, 0.05) is 6.42 Å². The number of rotatable bonds is 4.